The highest BCUT2D eigenvalue weighted by atomic mass is 35.5. The van der Waals surface area contributed by atoms with E-state index in [0.29, 0.717) is 66.6 Å². The number of unbranched alkanes of at least 4 members (excludes halogenated alkanes) is 4. The van der Waals surface area contributed by atoms with E-state index in [-0.39, 0.29) is 28.9 Å². The molecule has 398 valence electrons. The molecule has 3 heterocycles. The average molecular weight is 1050 g/mol. The molecule has 3 aromatic heterocycles. The third-order valence-electron chi connectivity index (χ3n) is 19.1. The number of aliphatic hydroxyl groups is 2. The first-order valence-corrected chi connectivity index (χ1v) is 29.4. The number of pyridine rings is 1. The molecule has 4 saturated carbocycles. The van der Waals surface area contributed by atoms with Crippen molar-refractivity contribution in [2.45, 2.75) is 180 Å². The Balaban J connectivity index is 0.636. The number of ether oxygens (including phenoxy) is 2. The molecular weight excluding hydrogens is 964 g/mol. The van der Waals surface area contributed by atoms with Crippen molar-refractivity contribution in [3.63, 3.8) is 0 Å². The molecule has 4 fully saturated rings. The summed E-state index contributed by atoms with van der Waals surface area (Å²) in [5, 5.41) is 36.0. The van der Waals surface area contributed by atoms with Gasteiger partial charge < -0.3 is 29.9 Å². The van der Waals surface area contributed by atoms with Crippen LogP contribution in [0.5, 0.6) is 5.88 Å². The number of hydrogen-bond donors (Lipinski definition) is 3. The molecule has 0 saturated heterocycles. The summed E-state index contributed by atoms with van der Waals surface area (Å²) in [5.74, 6) is 3.06. The fourth-order valence-electron chi connectivity index (χ4n) is 15.0. The normalized spacial score (nSPS) is 28.5. The molecule has 0 bridgehead atoms. The van der Waals surface area contributed by atoms with E-state index in [0.717, 1.165) is 134 Å². The Morgan fingerprint density at radius 3 is 2.58 bits per heavy atom. The van der Waals surface area contributed by atoms with Crippen molar-refractivity contribution in [2.75, 3.05) is 20.3 Å². The summed E-state index contributed by atoms with van der Waals surface area (Å²) in [4.78, 5) is 21.6. The van der Waals surface area contributed by atoms with E-state index in [1.54, 1.807) is 16.5 Å². The molecule has 0 unspecified atom stereocenters. The van der Waals surface area contributed by atoms with Gasteiger partial charge in [-0.2, -0.15) is 0 Å². The van der Waals surface area contributed by atoms with Crippen molar-refractivity contribution >= 4 is 38.9 Å². The first-order chi connectivity index (χ1) is 35.8. The number of thiophene rings is 1. The number of amides is 1. The Labute approximate surface area is 448 Å². The van der Waals surface area contributed by atoms with Crippen molar-refractivity contribution in [2.24, 2.45) is 34.5 Å². The third-order valence-corrected chi connectivity index (χ3v) is 20.8. The lowest BCUT2D eigenvalue weighted by Crippen LogP contribution is -2.53. The number of nitrogens with one attached hydrogen (secondary N) is 1. The van der Waals surface area contributed by atoms with Gasteiger partial charge in [-0.05, 0) is 173 Å². The zero-order valence-electron chi connectivity index (χ0n) is 44.5. The lowest BCUT2D eigenvalue weighted by Gasteiger charge is -2.59. The highest BCUT2D eigenvalue weighted by Crippen LogP contribution is 2.67. The van der Waals surface area contributed by atoms with E-state index in [1.807, 2.05) is 49.6 Å². The first-order valence-electron chi connectivity index (χ1n) is 28.2. The van der Waals surface area contributed by atoms with Crippen LogP contribution in [0.2, 0.25) is 5.02 Å². The number of carbonyl (C=O) groups is 1. The zero-order chi connectivity index (χ0) is 51.5. The predicted molar refractivity (Wildman–Crippen MR) is 296 cm³/mol. The molecule has 5 aromatic rings. The number of rotatable bonds is 21. The molecule has 0 spiro atoms. The molecule has 5 aliphatic rings. The molecule has 13 heteroatoms. The number of nitrogens with zero attached hydrogens (tertiary/aromatic N) is 5. The number of carbonyl (C=O) groups excluding carboxylic acids is 1. The van der Waals surface area contributed by atoms with Crippen molar-refractivity contribution in [3.05, 3.63) is 106 Å². The SMILES string of the molecule is CNC1CCC(N(Cc2cccc(-c3ccnc(OCCn4cc(COCCCCCCC[C@](C)(O)[C@H]5CC[C@H]6[C@@H]7CC=C8C[C@@H](O)CC[C@]8(C)[C@H]7CC[C@@]65C)nn4)c3)c2)C(=O)c2sc3ccccc3c2Cl)CC1. The molecular formula is C61H81ClN6O5S. The van der Waals surface area contributed by atoms with Gasteiger partial charge in [-0.15, -0.1) is 16.4 Å². The van der Waals surface area contributed by atoms with Gasteiger partial charge in [0, 0.05) is 47.6 Å². The van der Waals surface area contributed by atoms with Gasteiger partial charge >= 0.3 is 0 Å². The Morgan fingerprint density at radius 1 is 0.932 bits per heavy atom. The van der Waals surface area contributed by atoms with Crippen LogP contribution >= 0.6 is 22.9 Å². The summed E-state index contributed by atoms with van der Waals surface area (Å²) >= 11 is 8.37. The van der Waals surface area contributed by atoms with Gasteiger partial charge in [0.1, 0.15) is 17.2 Å². The van der Waals surface area contributed by atoms with Crippen LogP contribution in [0, 0.1) is 34.5 Å². The van der Waals surface area contributed by atoms with Gasteiger partial charge in [0.15, 0.2) is 0 Å². The molecule has 11 nitrogen and oxygen atoms in total. The van der Waals surface area contributed by atoms with E-state index in [9.17, 15) is 15.0 Å². The molecule has 10 rings (SSSR count). The summed E-state index contributed by atoms with van der Waals surface area (Å²) < 4.78 is 14.9. The number of halogens is 1. The minimum atomic E-state index is -0.620. The summed E-state index contributed by atoms with van der Waals surface area (Å²) in [6, 6.07) is 20.9. The highest BCUT2D eigenvalue weighted by Gasteiger charge is 2.61. The minimum absolute atomic E-state index is 0.00187. The number of aliphatic hydroxyl groups excluding tert-OH is 1. The molecule has 5 aliphatic carbocycles. The largest absolute Gasteiger partial charge is 0.476 e. The Bertz CT molecular complexity index is 2730. The molecule has 0 aliphatic heterocycles. The van der Waals surface area contributed by atoms with Crippen LogP contribution in [0.3, 0.4) is 0 Å². The maximum Gasteiger partial charge on any atom is 0.266 e. The third kappa shape index (κ3) is 11.4. The lowest BCUT2D eigenvalue weighted by molar-refractivity contribution is -0.105. The van der Waals surface area contributed by atoms with Crippen molar-refractivity contribution in [1.29, 1.82) is 0 Å². The summed E-state index contributed by atoms with van der Waals surface area (Å²) in [5.41, 5.74) is 5.28. The van der Waals surface area contributed by atoms with Gasteiger partial charge in [0.25, 0.3) is 5.91 Å². The van der Waals surface area contributed by atoms with Gasteiger partial charge in [0.2, 0.25) is 5.88 Å². The second-order valence-electron chi connectivity index (χ2n) is 23.6. The van der Waals surface area contributed by atoms with E-state index in [4.69, 9.17) is 21.1 Å². The standard InChI is InChI=1S/C61H81ClN6O5S/c1-59-29-25-48(69)37-44(59)17-22-49-51-23-24-54(60(51,2)30-26-52(49)59)61(3,71)28-10-6-5-7-11-33-72-40-46-39-67(66-65-46)32-34-73-55-36-43(27-31-64-55)42-14-12-13-41(35-42)38-68(47-20-18-45(63-4)19-21-47)58(70)57-56(62)50-15-8-9-16-53(50)74-57/h8-9,12-17,27,31,35-36,39,45,47-49,51-52,54,63,69,71H,5-7,10-11,18-26,28-30,32-34,37-38,40H2,1-4H3/t45?,47?,48-,49-,51-,52-,54-,59-,60-,61-/m0/s1. The fourth-order valence-corrected chi connectivity index (χ4v) is 16.5. The summed E-state index contributed by atoms with van der Waals surface area (Å²) in [7, 11) is 2.02. The maximum absolute atomic E-state index is 14.4. The molecule has 74 heavy (non-hydrogen) atoms. The van der Waals surface area contributed by atoms with Crippen LogP contribution in [-0.2, 0) is 24.4 Å². The van der Waals surface area contributed by atoms with Gasteiger partial charge in [0.05, 0.1) is 36.1 Å². The number of hydrogen-bond acceptors (Lipinski definition) is 10. The molecule has 0 radical (unpaired) electrons. The monoisotopic (exact) mass is 1040 g/mol. The van der Waals surface area contributed by atoms with Crippen LogP contribution in [0.25, 0.3) is 21.2 Å². The number of benzene rings is 2. The average Bonchev–Trinajstić information content (AvgIpc) is 4.14. The van der Waals surface area contributed by atoms with E-state index in [1.165, 1.54) is 37.0 Å². The fraction of sp³-hybridized carbons (Fsp3) is 0.607. The summed E-state index contributed by atoms with van der Waals surface area (Å²) in [6.07, 6.45) is 25.4. The van der Waals surface area contributed by atoms with Crippen molar-refractivity contribution in [3.8, 4) is 17.0 Å². The topological polar surface area (TPSA) is 135 Å². The van der Waals surface area contributed by atoms with E-state index >= 15 is 0 Å². The molecule has 3 N–H and O–H groups in total. The zero-order valence-corrected chi connectivity index (χ0v) is 46.0. The van der Waals surface area contributed by atoms with E-state index in [2.05, 4.69) is 76.6 Å². The number of allylic oxidation sites excluding steroid dienone is 1. The maximum atomic E-state index is 14.4. The second-order valence-corrected chi connectivity index (χ2v) is 25.1. The second kappa shape index (κ2) is 23.2. The van der Waals surface area contributed by atoms with Crippen molar-refractivity contribution < 1.29 is 24.5 Å². The first kappa shape index (κ1) is 53.2. The lowest BCUT2D eigenvalue weighted by atomic mass is 9.46. The number of fused-ring (bicyclic) bond motifs is 6. The molecule has 1 amide bonds. The van der Waals surface area contributed by atoms with Crippen LogP contribution in [0.4, 0.5) is 0 Å². The Morgan fingerprint density at radius 2 is 1.74 bits per heavy atom. The van der Waals surface area contributed by atoms with Gasteiger partial charge in [-0.1, -0.05) is 104 Å². The van der Waals surface area contributed by atoms with Crippen LogP contribution in [0.1, 0.15) is 157 Å². The molecule has 8 atom stereocenters. The quantitative estimate of drug-likeness (QED) is 0.0485. The smallest absolute Gasteiger partial charge is 0.266 e. The van der Waals surface area contributed by atoms with Gasteiger partial charge in [-0.25, -0.2) is 9.67 Å². The van der Waals surface area contributed by atoms with Gasteiger partial charge in [-0.3, -0.25) is 4.79 Å². The van der Waals surface area contributed by atoms with E-state index < -0.39 is 5.60 Å². The van der Waals surface area contributed by atoms with Crippen LogP contribution in [0.15, 0.2) is 84.7 Å². The van der Waals surface area contributed by atoms with Crippen molar-refractivity contribution in [1.82, 2.24) is 30.2 Å². The Hall–Kier alpha value is -4.17. The van der Waals surface area contributed by atoms with Crippen LogP contribution < -0.4 is 10.1 Å². The molecule has 2 aromatic carbocycles. The predicted octanol–water partition coefficient (Wildman–Crippen LogP) is 13.0. The minimum Gasteiger partial charge on any atom is -0.476 e. The highest BCUT2D eigenvalue weighted by molar-refractivity contribution is 7.21. The van der Waals surface area contributed by atoms with Crippen LogP contribution in [-0.4, -0.2) is 85.0 Å². The Kier molecular flexibility index (Phi) is 16.7. The number of aromatic nitrogens is 4. The summed E-state index contributed by atoms with van der Waals surface area (Å²) in [6.45, 7) is 9.71.